The predicted molar refractivity (Wildman–Crippen MR) is 210 cm³/mol. The molecule has 0 aliphatic carbocycles. The van der Waals surface area contributed by atoms with Crippen molar-refractivity contribution in [3.8, 4) is 16.9 Å². The van der Waals surface area contributed by atoms with Crippen LogP contribution in [0.3, 0.4) is 0 Å². The van der Waals surface area contributed by atoms with Gasteiger partial charge in [0.2, 0.25) is 5.91 Å². The largest absolute Gasteiger partial charge is 0.497 e. The number of carbonyl (C=O) groups is 4. The van der Waals surface area contributed by atoms with Crippen molar-refractivity contribution in [1.29, 1.82) is 0 Å². The molecular weight excluding hydrogens is 801 g/mol. The van der Waals surface area contributed by atoms with Gasteiger partial charge in [-0.2, -0.15) is 5.10 Å². The summed E-state index contributed by atoms with van der Waals surface area (Å²) in [6.45, 7) is 5.06. The van der Waals surface area contributed by atoms with Crippen LogP contribution in [0.25, 0.3) is 11.1 Å². The SMILES string of the molecule is CCN[C@H]1C[C@H](C)S(=O)(=O)c2sc(S(=O)(=O)NC(=O)CCC(=O)OC(C)C(=O)OCCN(Cc3cccc(OC)c3)C(=O)Nc3ccc(-c4cn[nH]c4)cc3)cc21. The van der Waals surface area contributed by atoms with Crippen molar-refractivity contribution in [1.82, 2.24) is 25.1 Å². The number of urea groups is 1. The number of ether oxygens (including phenoxy) is 3. The van der Waals surface area contributed by atoms with Gasteiger partial charge in [-0.15, -0.1) is 11.3 Å². The fourth-order valence-electron chi connectivity index (χ4n) is 5.92. The number of amides is 3. The number of aromatic nitrogens is 2. The molecule has 306 valence electrons. The molecule has 0 saturated heterocycles. The molecule has 1 aliphatic heterocycles. The summed E-state index contributed by atoms with van der Waals surface area (Å²) >= 11 is 0.565. The first-order valence-electron chi connectivity index (χ1n) is 17.9. The Labute approximate surface area is 334 Å². The molecule has 0 fully saturated rings. The molecule has 2 aromatic carbocycles. The molecule has 0 spiro atoms. The molecule has 0 saturated carbocycles. The number of benzene rings is 2. The van der Waals surface area contributed by atoms with E-state index in [1.165, 1.54) is 25.0 Å². The number of aromatic amines is 1. The van der Waals surface area contributed by atoms with E-state index in [0.717, 1.165) is 16.7 Å². The van der Waals surface area contributed by atoms with Crippen molar-refractivity contribution >= 4 is 60.8 Å². The standard InChI is InChI=1S/C37H44N6O11S3/c1-5-38-31-17-23(2)56(48,49)36-30(31)19-34(55-36)57(50,51)42-32(44)13-14-33(45)54-24(3)35(46)53-16-15-43(22-25-7-6-8-29(18-25)52-4)37(47)41-28-11-9-26(10-12-28)27-20-39-40-21-27/h6-12,18-21,23-24,31,38H,5,13-17,22H2,1-4H3,(H,39,40)(H,41,47)(H,42,44)/t23-,24?,31-/m0/s1. The normalized spacial score (nSPS) is 16.4. The summed E-state index contributed by atoms with van der Waals surface area (Å²) in [4.78, 5) is 52.7. The van der Waals surface area contributed by atoms with Gasteiger partial charge in [0.1, 0.15) is 20.8 Å². The lowest BCUT2D eigenvalue weighted by Crippen LogP contribution is -2.38. The molecule has 4 N–H and O–H groups in total. The van der Waals surface area contributed by atoms with Crippen LogP contribution in [-0.4, -0.2) is 94.0 Å². The van der Waals surface area contributed by atoms with Gasteiger partial charge in [-0.05, 0) is 68.3 Å². The fraction of sp³-hybridized carbons (Fsp3) is 0.378. The first-order valence-corrected chi connectivity index (χ1v) is 21.8. The van der Waals surface area contributed by atoms with Crippen LogP contribution in [0.4, 0.5) is 10.5 Å². The van der Waals surface area contributed by atoms with Crippen LogP contribution in [-0.2, 0) is 50.3 Å². The molecule has 3 atom stereocenters. The van der Waals surface area contributed by atoms with Crippen molar-refractivity contribution in [3.05, 3.63) is 78.1 Å². The Morgan fingerprint density at radius 2 is 1.82 bits per heavy atom. The summed E-state index contributed by atoms with van der Waals surface area (Å²) in [6.07, 6.45) is 1.15. The molecule has 5 rings (SSSR count). The zero-order chi connectivity index (χ0) is 41.3. The molecule has 4 aromatic rings. The second-order valence-corrected chi connectivity index (χ2v) is 18.6. The molecule has 1 unspecified atom stereocenters. The molecule has 20 heteroatoms. The number of carbonyl (C=O) groups excluding carboxylic acids is 4. The van der Waals surface area contributed by atoms with Gasteiger partial charge < -0.3 is 29.7 Å². The third-order valence-electron chi connectivity index (χ3n) is 8.96. The number of esters is 2. The van der Waals surface area contributed by atoms with E-state index in [-0.39, 0.29) is 40.6 Å². The maximum atomic E-state index is 13.4. The monoisotopic (exact) mass is 844 g/mol. The van der Waals surface area contributed by atoms with Crippen molar-refractivity contribution in [2.24, 2.45) is 0 Å². The van der Waals surface area contributed by atoms with E-state index >= 15 is 0 Å². The number of nitrogens with zero attached hydrogens (tertiary/aromatic N) is 2. The Morgan fingerprint density at radius 3 is 2.51 bits per heavy atom. The average Bonchev–Trinajstić information content (AvgIpc) is 3.89. The van der Waals surface area contributed by atoms with E-state index in [2.05, 4.69) is 20.8 Å². The van der Waals surface area contributed by atoms with Crippen LogP contribution in [0, 0.1) is 0 Å². The van der Waals surface area contributed by atoms with Crippen LogP contribution >= 0.6 is 11.3 Å². The van der Waals surface area contributed by atoms with Crippen LogP contribution in [0.2, 0.25) is 0 Å². The van der Waals surface area contributed by atoms with E-state index in [0.29, 0.717) is 34.9 Å². The Hall–Kier alpha value is -5.31. The number of hydrogen-bond donors (Lipinski definition) is 4. The highest BCUT2D eigenvalue weighted by atomic mass is 32.3. The highest BCUT2D eigenvalue weighted by Crippen LogP contribution is 2.42. The highest BCUT2D eigenvalue weighted by Gasteiger charge is 2.40. The van der Waals surface area contributed by atoms with Gasteiger partial charge in [-0.3, -0.25) is 14.7 Å². The molecule has 0 radical (unpaired) electrons. The first-order chi connectivity index (χ1) is 27.1. The Bertz CT molecular complexity index is 2280. The quantitative estimate of drug-likeness (QED) is 0.110. The summed E-state index contributed by atoms with van der Waals surface area (Å²) in [7, 11) is -6.69. The van der Waals surface area contributed by atoms with E-state index in [1.807, 2.05) is 29.8 Å². The van der Waals surface area contributed by atoms with Gasteiger partial charge >= 0.3 is 18.0 Å². The van der Waals surface area contributed by atoms with Gasteiger partial charge in [-0.25, -0.2) is 31.1 Å². The lowest BCUT2D eigenvalue weighted by Gasteiger charge is -2.27. The van der Waals surface area contributed by atoms with Crippen molar-refractivity contribution in [3.63, 3.8) is 0 Å². The van der Waals surface area contributed by atoms with E-state index in [9.17, 15) is 36.0 Å². The summed E-state index contributed by atoms with van der Waals surface area (Å²) in [5, 5.41) is 12.0. The maximum absolute atomic E-state index is 13.4. The van der Waals surface area contributed by atoms with Gasteiger partial charge in [0.15, 0.2) is 15.9 Å². The van der Waals surface area contributed by atoms with Crippen LogP contribution in [0.15, 0.2) is 75.4 Å². The average molecular weight is 845 g/mol. The van der Waals surface area contributed by atoms with Crippen LogP contribution < -0.4 is 20.1 Å². The second-order valence-electron chi connectivity index (χ2n) is 13.1. The van der Waals surface area contributed by atoms with Crippen LogP contribution in [0.5, 0.6) is 5.75 Å². The number of rotatable bonds is 17. The fourth-order valence-corrected chi connectivity index (χ4v) is 10.9. The van der Waals surface area contributed by atoms with Gasteiger partial charge in [-0.1, -0.05) is 31.2 Å². The minimum absolute atomic E-state index is 0.0366. The molecule has 57 heavy (non-hydrogen) atoms. The number of nitrogens with one attached hydrogen (secondary N) is 4. The molecular formula is C37H44N6O11S3. The topological polar surface area (TPSA) is 232 Å². The Kier molecular flexibility index (Phi) is 14.1. The minimum atomic E-state index is -4.46. The van der Waals surface area contributed by atoms with Gasteiger partial charge in [0.05, 0.1) is 31.5 Å². The second kappa shape index (κ2) is 18.8. The minimum Gasteiger partial charge on any atom is -0.497 e. The van der Waals surface area contributed by atoms with Crippen molar-refractivity contribution < 1.29 is 50.2 Å². The number of sulfonamides is 1. The third-order valence-corrected chi connectivity index (χ3v) is 14.7. The molecule has 3 heterocycles. The zero-order valence-electron chi connectivity index (χ0n) is 31.6. The number of hydrogen-bond acceptors (Lipinski definition) is 14. The third kappa shape index (κ3) is 11.0. The summed E-state index contributed by atoms with van der Waals surface area (Å²) in [5.41, 5.74) is 3.39. The zero-order valence-corrected chi connectivity index (χ0v) is 34.1. The van der Waals surface area contributed by atoms with Gasteiger partial charge in [0, 0.05) is 42.0 Å². The smallest absolute Gasteiger partial charge is 0.347 e. The number of methoxy groups -OCH3 is 1. The molecule has 1 aliphatic rings. The lowest BCUT2D eigenvalue weighted by atomic mass is 10.1. The maximum Gasteiger partial charge on any atom is 0.347 e. The first kappa shape index (κ1) is 42.8. The lowest BCUT2D eigenvalue weighted by molar-refractivity contribution is -0.166. The number of H-pyrrole nitrogens is 1. The van der Waals surface area contributed by atoms with Crippen molar-refractivity contribution in [2.75, 3.05) is 32.1 Å². The number of sulfone groups is 1. The van der Waals surface area contributed by atoms with Gasteiger partial charge in [0.25, 0.3) is 10.0 Å². The summed E-state index contributed by atoms with van der Waals surface area (Å²) < 4.78 is 69.1. The molecule has 2 aromatic heterocycles. The molecule has 0 bridgehead atoms. The number of thiophene rings is 1. The Morgan fingerprint density at radius 1 is 1.07 bits per heavy atom. The predicted octanol–water partition coefficient (Wildman–Crippen LogP) is 4.16. The van der Waals surface area contributed by atoms with E-state index in [4.69, 9.17) is 14.2 Å². The molecule has 3 amide bonds. The molecule has 17 nitrogen and oxygen atoms in total. The highest BCUT2D eigenvalue weighted by molar-refractivity contribution is 7.95. The number of anilines is 1. The van der Waals surface area contributed by atoms with Crippen LogP contribution in [0.1, 0.15) is 57.2 Å². The van der Waals surface area contributed by atoms with E-state index in [1.54, 1.807) is 49.6 Å². The van der Waals surface area contributed by atoms with E-state index < -0.39 is 67.9 Å². The summed E-state index contributed by atoms with van der Waals surface area (Å²) in [6, 6.07) is 14.7. The van der Waals surface area contributed by atoms with Crippen molar-refractivity contribution in [2.45, 2.75) is 72.4 Å². The summed E-state index contributed by atoms with van der Waals surface area (Å²) in [5.74, 6) is -2.31. The Balaban J connectivity index is 1.11. The number of fused-ring (bicyclic) bond motifs is 1.